The highest BCUT2D eigenvalue weighted by Gasteiger charge is 2.29. The first-order valence-electron chi connectivity index (χ1n) is 4.41. The van der Waals surface area contributed by atoms with Crippen LogP contribution in [-0.4, -0.2) is 43.2 Å². The van der Waals surface area contributed by atoms with Gasteiger partial charge < -0.3 is 4.48 Å². The molecule has 1 aliphatic heterocycles. The van der Waals surface area contributed by atoms with Crippen molar-refractivity contribution in [2.75, 3.05) is 33.4 Å². The Bertz CT molecular complexity index is 124. The SMILES string of the molecule is CC(CC[N+](C)(C)C)C1CS1. The number of rotatable bonds is 4. The molecule has 2 unspecified atom stereocenters. The van der Waals surface area contributed by atoms with Crippen LogP contribution in [0.3, 0.4) is 0 Å². The predicted molar refractivity (Wildman–Crippen MR) is 52.9 cm³/mol. The van der Waals surface area contributed by atoms with Crippen molar-refractivity contribution in [1.82, 2.24) is 0 Å². The summed E-state index contributed by atoms with van der Waals surface area (Å²) >= 11 is 2.12. The van der Waals surface area contributed by atoms with E-state index >= 15 is 0 Å². The molecule has 2 heteroatoms. The van der Waals surface area contributed by atoms with E-state index in [2.05, 4.69) is 39.8 Å². The quantitative estimate of drug-likeness (QED) is 0.463. The fraction of sp³-hybridized carbons (Fsp3) is 1.00. The molecule has 0 aromatic heterocycles. The molecule has 2 atom stereocenters. The van der Waals surface area contributed by atoms with Crippen molar-refractivity contribution >= 4 is 11.8 Å². The minimum absolute atomic E-state index is 0.942. The van der Waals surface area contributed by atoms with E-state index in [0.717, 1.165) is 15.7 Å². The molecule has 0 radical (unpaired) electrons. The highest BCUT2D eigenvalue weighted by molar-refractivity contribution is 8.06. The van der Waals surface area contributed by atoms with Crippen molar-refractivity contribution in [2.24, 2.45) is 5.92 Å². The van der Waals surface area contributed by atoms with Gasteiger partial charge in [0, 0.05) is 17.4 Å². The summed E-state index contributed by atoms with van der Waals surface area (Å²) in [6.45, 7) is 3.71. The maximum Gasteiger partial charge on any atom is 0.0783 e. The molecule has 0 aromatic carbocycles. The van der Waals surface area contributed by atoms with E-state index in [4.69, 9.17) is 0 Å². The van der Waals surface area contributed by atoms with Gasteiger partial charge in [0.25, 0.3) is 0 Å². The summed E-state index contributed by atoms with van der Waals surface area (Å²) in [5.74, 6) is 2.36. The largest absolute Gasteiger partial charge is 0.331 e. The van der Waals surface area contributed by atoms with Crippen LogP contribution in [0.1, 0.15) is 13.3 Å². The highest BCUT2D eigenvalue weighted by atomic mass is 32.2. The Morgan fingerprint density at radius 3 is 2.36 bits per heavy atom. The third kappa shape index (κ3) is 4.02. The van der Waals surface area contributed by atoms with E-state index in [1.807, 2.05) is 0 Å². The first kappa shape index (κ1) is 9.40. The second-order valence-electron chi connectivity index (χ2n) is 4.65. The maximum absolute atomic E-state index is 2.39. The van der Waals surface area contributed by atoms with Crippen molar-refractivity contribution in [1.29, 1.82) is 0 Å². The Kier molecular flexibility index (Phi) is 2.87. The summed E-state index contributed by atoms with van der Waals surface area (Å²) in [6.07, 6.45) is 1.39. The minimum atomic E-state index is 0.942. The molecule has 1 heterocycles. The van der Waals surface area contributed by atoms with Gasteiger partial charge in [-0.05, 0) is 5.92 Å². The lowest BCUT2D eigenvalue weighted by atomic mass is 10.0. The molecule has 0 aliphatic carbocycles. The first-order valence-corrected chi connectivity index (χ1v) is 5.46. The maximum atomic E-state index is 2.39. The second kappa shape index (κ2) is 3.36. The molecule has 0 bridgehead atoms. The van der Waals surface area contributed by atoms with Gasteiger partial charge in [-0.3, -0.25) is 0 Å². The lowest BCUT2D eigenvalue weighted by Gasteiger charge is -2.25. The molecule has 1 fully saturated rings. The summed E-state index contributed by atoms with van der Waals surface area (Å²) in [4.78, 5) is 0. The van der Waals surface area contributed by atoms with Gasteiger partial charge in [0.2, 0.25) is 0 Å². The standard InChI is InChI=1S/C9H20NS/c1-8(9-7-11-9)5-6-10(2,3)4/h8-9H,5-7H2,1-4H3/q+1. The van der Waals surface area contributed by atoms with Crippen molar-refractivity contribution < 1.29 is 4.48 Å². The third-order valence-electron chi connectivity index (χ3n) is 2.25. The van der Waals surface area contributed by atoms with E-state index in [-0.39, 0.29) is 0 Å². The molecule has 0 amide bonds. The summed E-state index contributed by atoms with van der Waals surface area (Å²) in [6, 6.07) is 0. The van der Waals surface area contributed by atoms with E-state index in [1.54, 1.807) is 0 Å². The van der Waals surface area contributed by atoms with E-state index < -0.39 is 0 Å². The zero-order valence-corrected chi connectivity index (χ0v) is 8.95. The van der Waals surface area contributed by atoms with Crippen molar-refractivity contribution in [3.8, 4) is 0 Å². The molecule has 0 spiro atoms. The Hall–Kier alpha value is 0.310. The predicted octanol–water partition coefficient (Wildman–Crippen LogP) is 1.83. The van der Waals surface area contributed by atoms with Gasteiger partial charge in [-0.2, -0.15) is 11.8 Å². The van der Waals surface area contributed by atoms with Crippen LogP contribution in [-0.2, 0) is 0 Å². The van der Waals surface area contributed by atoms with Gasteiger partial charge >= 0.3 is 0 Å². The van der Waals surface area contributed by atoms with Gasteiger partial charge in [0.1, 0.15) is 0 Å². The summed E-state index contributed by atoms with van der Waals surface area (Å²) in [5.41, 5.74) is 0. The van der Waals surface area contributed by atoms with Gasteiger partial charge in [0.05, 0.1) is 27.7 Å². The lowest BCUT2D eigenvalue weighted by Crippen LogP contribution is -2.36. The number of thioether (sulfide) groups is 1. The Morgan fingerprint density at radius 1 is 1.45 bits per heavy atom. The topological polar surface area (TPSA) is 0 Å². The molecule has 66 valence electrons. The molecule has 1 saturated heterocycles. The number of quaternary nitrogens is 1. The molecule has 0 aromatic rings. The van der Waals surface area contributed by atoms with Crippen LogP contribution in [0.2, 0.25) is 0 Å². The normalized spacial score (nSPS) is 26.7. The number of hydrogen-bond acceptors (Lipinski definition) is 1. The molecule has 0 N–H and O–H groups in total. The Balaban J connectivity index is 2.10. The summed E-state index contributed by atoms with van der Waals surface area (Å²) in [7, 11) is 6.81. The Labute approximate surface area is 74.7 Å². The van der Waals surface area contributed by atoms with E-state index in [0.29, 0.717) is 0 Å². The summed E-state index contributed by atoms with van der Waals surface area (Å²) in [5, 5.41) is 1.00. The molecular weight excluding hydrogens is 154 g/mol. The third-order valence-corrected chi connectivity index (χ3v) is 3.43. The minimum Gasteiger partial charge on any atom is -0.331 e. The van der Waals surface area contributed by atoms with Crippen molar-refractivity contribution in [3.63, 3.8) is 0 Å². The molecule has 11 heavy (non-hydrogen) atoms. The number of nitrogens with zero attached hydrogens (tertiary/aromatic N) is 1. The zero-order valence-electron chi connectivity index (χ0n) is 8.13. The molecule has 1 aliphatic rings. The lowest BCUT2D eigenvalue weighted by molar-refractivity contribution is -0.870. The smallest absolute Gasteiger partial charge is 0.0783 e. The van der Waals surface area contributed by atoms with E-state index in [1.165, 1.54) is 18.7 Å². The zero-order chi connectivity index (χ0) is 8.48. The Morgan fingerprint density at radius 2 is 2.00 bits per heavy atom. The van der Waals surface area contributed by atoms with Crippen LogP contribution in [0, 0.1) is 5.92 Å². The van der Waals surface area contributed by atoms with Gasteiger partial charge in [0.15, 0.2) is 0 Å². The van der Waals surface area contributed by atoms with Crippen LogP contribution < -0.4 is 0 Å². The highest BCUT2D eigenvalue weighted by Crippen LogP contribution is 2.38. The van der Waals surface area contributed by atoms with Crippen LogP contribution >= 0.6 is 11.8 Å². The molecule has 1 rings (SSSR count). The average molecular weight is 174 g/mol. The van der Waals surface area contributed by atoms with Gasteiger partial charge in [-0.15, -0.1) is 0 Å². The van der Waals surface area contributed by atoms with Crippen LogP contribution in [0.5, 0.6) is 0 Å². The van der Waals surface area contributed by atoms with Crippen LogP contribution in [0.4, 0.5) is 0 Å². The second-order valence-corrected chi connectivity index (χ2v) is 5.92. The van der Waals surface area contributed by atoms with E-state index in [9.17, 15) is 0 Å². The molecule has 0 saturated carbocycles. The van der Waals surface area contributed by atoms with Crippen molar-refractivity contribution in [3.05, 3.63) is 0 Å². The monoisotopic (exact) mass is 174 g/mol. The first-order chi connectivity index (χ1) is 4.99. The molecular formula is C9H20NS+. The fourth-order valence-corrected chi connectivity index (χ4v) is 2.07. The fourth-order valence-electron chi connectivity index (χ4n) is 1.16. The molecule has 1 nitrogen and oxygen atoms in total. The van der Waals surface area contributed by atoms with Crippen LogP contribution in [0.15, 0.2) is 0 Å². The summed E-state index contributed by atoms with van der Waals surface area (Å²) < 4.78 is 1.11. The number of hydrogen-bond donors (Lipinski definition) is 0. The van der Waals surface area contributed by atoms with Crippen molar-refractivity contribution in [2.45, 2.75) is 18.6 Å². The van der Waals surface area contributed by atoms with Crippen LogP contribution in [0.25, 0.3) is 0 Å². The average Bonchev–Trinajstić information content (AvgIpc) is 2.61. The van der Waals surface area contributed by atoms with Gasteiger partial charge in [-0.25, -0.2) is 0 Å². The van der Waals surface area contributed by atoms with Gasteiger partial charge in [-0.1, -0.05) is 6.92 Å².